The summed E-state index contributed by atoms with van der Waals surface area (Å²) in [5.41, 5.74) is 2.38. The normalized spacial score (nSPS) is 19.3. The Bertz CT molecular complexity index is 569. The second-order valence-corrected chi connectivity index (χ2v) is 6.62. The van der Waals surface area contributed by atoms with Crippen molar-refractivity contribution in [1.29, 1.82) is 0 Å². The van der Waals surface area contributed by atoms with Crippen LogP contribution in [0.3, 0.4) is 0 Å². The third-order valence-electron chi connectivity index (χ3n) is 4.22. The molecule has 2 rings (SSSR count). The summed E-state index contributed by atoms with van der Waals surface area (Å²) >= 11 is 0. The van der Waals surface area contributed by atoms with E-state index in [0.29, 0.717) is 32.6 Å². The summed E-state index contributed by atoms with van der Waals surface area (Å²) in [7, 11) is 1.95. The number of benzene rings is 1. The number of alkyl halides is 3. The molecule has 7 heteroatoms. The van der Waals surface area contributed by atoms with Gasteiger partial charge in [0.1, 0.15) is 0 Å². The van der Waals surface area contributed by atoms with E-state index in [4.69, 9.17) is 0 Å². The van der Waals surface area contributed by atoms with Gasteiger partial charge in [-0.3, -0.25) is 9.89 Å². The van der Waals surface area contributed by atoms with Gasteiger partial charge in [0.05, 0.1) is 6.54 Å². The Morgan fingerprint density at radius 3 is 2.60 bits per heavy atom. The topological polar surface area (TPSA) is 30.9 Å². The molecule has 1 saturated heterocycles. The van der Waals surface area contributed by atoms with Crippen LogP contribution in [-0.4, -0.2) is 61.2 Å². The zero-order valence-electron chi connectivity index (χ0n) is 15.1. The fraction of sp³-hybridized carbons (Fsp3) is 0.611. The van der Waals surface area contributed by atoms with E-state index < -0.39 is 12.7 Å². The van der Waals surface area contributed by atoms with Crippen LogP contribution in [0.1, 0.15) is 24.5 Å². The highest BCUT2D eigenvalue weighted by molar-refractivity contribution is 5.80. The molecule has 1 atom stereocenters. The smallest absolute Gasteiger partial charge is 0.352 e. The van der Waals surface area contributed by atoms with Gasteiger partial charge in [-0.25, -0.2) is 0 Å². The van der Waals surface area contributed by atoms with Crippen molar-refractivity contribution in [2.75, 3.05) is 33.2 Å². The lowest BCUT2D eigenvalue weighted by Crippen LogP contribution is -2.45. The standard InChI is InChI=1S/C18H27F3N4/c1-4-22-17(24(3)11-15-7-5-14(2)6-8-15)23-16-9-10-25(12-16)13-18(19,20)21/h5-8,16H,4,9-13H2,1-3H3,(H,22,23). The molecule has 1 fully saturated rings. The van der Waals surface area contributed by atoms with Gasteiger partial charge in [-0.2, -0.15) is 13.2 Å². The second kappa shape index (κ2) is 8.56. The minimum atomic E-state index is -4.14. The van der Waals surface area contributed by atoms with E-state index in [9.17, 15) is 13.2 Å². The Kier molecular flexibility index (Phi) is 6.70. The van der Waals surface area contributed by atoms with Crippen molar-refractivity contribution in [2.24, 2.45) is 4.99 Å². The molecule has 1 aliphatic rings. The summed E-state index contributed by atoms with van der Waals surface area (Å²) in [6.45, 7) is 5.33. The largest absolute Gasteiger partial charge is 0.401 e. The number of aliphatic imine (C=N–C) groups is 1. The van der Waals surface area contributed by atoms with E-state index in [1.807, 2.05) is 25.8 Å². The first-order valence-electron chi connectivity index (χ1n) is 8.63. The van der Waals surface area contributed by atoms with E-state index in [1.165, 1.54) is 16.0 Å². The molecule has 1 unspecified atom stereocenters. The number of halogens is 3. The molecular formula is C18H27F3N4. The van der Waals surface area contributed by atoms with Crippen LogP contribution in [0.15, 0.2) is 29.3 Å². The molecule has 25 heavy (non-hydrogen) atoms. The highest BCUT2D eigenvalue weighted by Gasteiger charge is 2.34. The van der Waals surface area contributed by atoms with Crippen molar-refractivity contribution in [1.82, 2.24) is 15.1 Å². The first-order valence-corrected chi connectivity index (χ1v) is 8.63. The summed E-state index contributed by atoms with van der Waals surface area (Å²) in [5, 5.41) is 3.33. The van der Waals surface area contributed by atoms with Crippen molar-refractivity contribution >= 4 is 5.96 Å². The summed E-state index contributed by atoms with van der Waals surface area (Å²) in [6, 6.07) is 8.29. The molecule has 1 aromatic rings. The van der Waals surface area contributed by atoms with Crippen LogP contribution in [0.5, 0.6) is 0 Å². The number of nitrogens with one attached hydrogen (secondary N) is 1. The van der Waals surface area contributed by atoms with Crippen molar-refractivity contribution in [3.05, 3.63) is 35.4 Å². The van der Waals surface area contributed by atoms with Crippen molar-refractivity contribution < 1.29 is 13.2 Å². The lowest BCUT2D eigenvalue weighted by molar-refractivity contribution is -0.143. The number of nitrogens with zero attached hydrogens (tertiary/aromatic N) is 3. The van der Waals surface area contributed by atoms with Crippen LogP contribution < -0.4 is 5.32 Å². The Morgan fingerprint density at radius 2 is 2.00 bits per heavy atom. The van der Waals surface area contributed by atoms with Gasteiger partial charge in [0.15, 0.2) is 5.96 Å². The van der Waals surface area contributed by atoms with Gasteiger partial charge in [-0.05, 0) is 25.8 Å². The minimum Gasteiger partial charge on any atom is -0.352 e. The van der Waals surface area contributed by atoms with E-state index in [-0.39, 0.29) is 6.04 Å². The average molecular weight is 356 g/mol. The van der Waals surface area contributed by atoms with Crippen LogP contribution in [0.25, 0.3) is 0 Å². The molecule has 4 nitrogen and oxygen atoms in total. The van der Waals surface area contributed by atoms with Crippen LogP contribution >= 0.6 is 0 Å². The number of guanidine groups is 1. The molecule has 1 N–H and O–H groups in total. The maximum atomic E-state index is 12.5. The first kappa shape index (κ1) is 19.6. The Hall–Kier alpha value is -1.76. The molecular weight excluding hydrogens is 329 g/mol. The molecule has 1 aromatic carbocycles. The summed E-state index contributed by atoms with van der Waals surface area (Å²) in [6.07, 6.45) is -3.45. The Morgan fingerprint density at radius 1 is 1.32 bits per heavy atom. The molecule has 0 radical (unpaired) electrons. The van der Waals surface area contributed by atoms with E-state index in [2.05, 4.69) is 34.6 Å². The van der Waals surface area contributed by atoms with Gasteiger partial charge in [0.2, 0.25) is 0 Å². The van der Waals surface area contributed by atoms with Crippen LogP contribution in [0, 0.1) is 6.92 Å². The number of hydrogen-bond donors (Lipinski definition) is 1. The Labute approximate surface area is 147 Å². The van der Waals surface area contributed by atoms with Crippen molar-refractivity contribution in [3.8, 4) is 0 Å². The molecule has 0 spiro atoms. The van der Waals surface area contributed by atoms with Gasteiger partial charge in [0.25, 0.3) is 0 Å². The zero-order chi connectivity index (χ0) is 18.4. The summed E-state index contributed by atoms with van der Waals surface area (Å²) in [4.78, 5) is 7.95. The van der Waals surface area contributed by atoms with Gasteiger partial charge in [-0.15, -0.1) is 0 Å². The minimum absolute atomic E-state index is 0.00637. The molecule has 0 bridgehead atoms. The predicted molar refractivity (Wildman–Crippen MR) is 94.7 cm³/mol. The number of aryl methyl sites for hydroxylation is 1. The third kappa shape index (κ3) is 6.57. The monoisotopic (exact) mass is 356 g/mol. The SMILES string of the molecule is CCN=C(NC1CCN(CC(F)(F)F)C1)N(C)Cc1ccc(C)cc1. The van der Waals surface area contributed by atoms with Gasteiger partial charge >= 0.3 is 6.18 Å². The van der Waals surface area contributed by atoms with Crippen LogP contribution in [-0.2, 0) is 6.54 Å². The average Bonchev–Trinajstić information content (AvgIpc) is 2.94. The summed E-state index contributed by atoms with van der Waals surface area (Å²) in [5.74, 6) is 0.738. The van der Waals surface area contributed by atoms with E-state index in [0.717, 1.165) is 5.96 Å². The van der Waals surface area contributed by atoms with Gasteiger partial charge < -0.3 is 10.2 Å². The molecule has 1 heterocycles. The number of hydrogen-bond acceptors (Lipinski definition) is 2. The van der Waals surface area contributed by atoms with Gasteiger partial charge in [0, 0.05) is 39.3 Å². The van der Waals surface area contributed by atoms with Crippen molar-refractivity contribution in [3.63, 3.8) is 0 Å². The van der Waals surface area contributed by atoms with Crippen LogP contribution in [0.4, 0.5) is 13.2 Å². The third-order valence-corrected chi connectivity index (χ3v) is 4.22. The fourth-order valence-electron chi connectivity index (χ4n) is 3.00. The first-order chi connectivity index (χ1) is 11.8. The zero-order valence-corrected chi connectivity index (χ0v) is 15.1. The lowest BCUT2D eigenvalue weighted by atomic mass is 10.1. The van der Waals surface area contributed by atoms with Gasteiger partial charge in [-0.1, -0.05) is 29.8 Å². The number of rotatable bonds is 5. The van der Waals surface area contributed by atoms with Crippen LogP contribution in [0.2, 0.25) is 0 Å². The molecule has 1 aliphatic heterocycles. The van der Waals surface area contributed by atoms with E-state index >= 15 is 0 Å². The maximum Gasteiger partial charge on any atom is 0.401 e. The Balaban J connectivity index is 1.92. The quantitative estimate of drug-likeness (QED) is 0.650. The second-order valence-electron chi connectivity index (χ2n) is 6.62. The molecule has 0 saturated carbocycles. The molecule has 0 aromatic heterocycles. The fourth-order valence-corrected chi connectivity index (χ4v) is 3.00. The van der Waals surface area contributed by atoms with E-state index in [1.54, 1.807) is 0 Å². The molecule has 0 amide bonds. The predicted octanol–water partition coefficient (Wildman–Crippen LogP) is 3.03. The lowest BCUT2D eigenvalue weighted by Gasteiger charge is -2.26. The number of likely N-dealkylation sites (tertiary alicyclic amines) is 1. The molecule has 0 aliphatic carbocycles. The summed E-state index contributed by atoms with van der Waals surface area (Å²) < 4.78 is 37.6. The van der Waals surface area contributed by atoms with Crippen molar-refractivity contribution in [2.45, 2.75) is 39.0 Å². The highest BCUT2D eigenvalue weighted by Crippen LogP contribution is 2.20. The maximum absolute atomic E-state index is 12.5. The molecule has 140 valence electrons. The highest BCUT2D eigenvalue weighted by atomic mass is 19.4.